The van der Waals surface area contributed by atoms with Gasteiger partial charge in [-0.25, -0.2) is 9.97 Å². The maximum atomic E-state index is 12.5. The van der Waals surface area contributed by atoms with Gasteiger partial charge in [0.25, 0.3) is 0 Å². The molecule has 0 aliphatic rings. The van der Waals surface area contributed by atoms with E-state index < -0.39 is 11.7 Å². The molecule has 3 aromatic rings. The van der Waals surface area contributed by atoms with Crippen LogP contribution in [0.1, 0.15) is 5.56 Å². The van der Waals surface area contributed by atoms with E-state index in [0.717, 1.165) is 17.5 Å². The molecule has 0 saturated heterocycles. The maximum Gasteiger partial charge on any atom is 0.416 e. The Labute approximate surface area is 128 Å². The summed E-state index contributed by atoms with van der Waals surface area (Å²) in [4.78, 5) is 8.22. The lowest BCUT2D eigenvalue weighted by molar-refractivity contribution is -0.137. The molecule has 0 bridgehead atoms. The Morgan fingerprint density at radius 2 is 1.68 bits per heavy atom. The van der Waals surface area contributed by atoms with E-state index in [4.69, 9.17) is 11.6 Å². The first-order valence-electron chi connectivity index (χ1n) is 6.28. The van der Waals surface area contributed by atoms with Crippen LogP contribution in [0.25, 0.3) is 10.9 Å². The van der Waals surface area contributed by atoms with Crippen molar-refractivity contribution in [2.75, 3.05) is 5.32 Å². The first kappa shape index (κ1) is 14.6. The lowest BCUT2D eigenvalue weighted by Crippen LogP contribution is -2.04. The topological polar surface area (TPSA) is 37.8 Å². The first-order chi connectivity index (χ1) is 10.4. The van der Waals surface area contributed by atoms with Crippen molar-refractivity contribution in [1.82, 2.24) is 9.97 Å². The van der Waals surface area contributed by atoms with Crippen molar-refractivity contribution in [3.63, 3.8) is 0 Å². The van der Waals surface area contributed by atoms with Crippen LogP contribution in [-0.4, -0.2) is 9.97 Å². The van der Waals surface area contributed by atoms with Gasteiger partial charge in [0.1, 0.15) is 12.1 Å². The summed E-state index contributed by atoms with van der Waals surface area (Å²) < 4.78 is 37.6. The van der Waals surface area contributed by atoms with Crippen molar-refractivity contribution >= 4 is 34.0 Å². The molecule has 0 fully saturated rings. The lowest BCUT2D eigenvalue weighted by Gasteiger charge is -2.10. The number of alkyl halides is 3. The van der Waals surface area contributed by atoms with Crippen molar-refractivity contribution in [3.8, 4) is 0 Å². The van der Waals surface area contributed by atoms with Crippen LogP contribution in [-0.2, 0) is 6.18 Å². The van der Waals surface area contributed by atoms with Gasteiger partial charge in [0, 0.05) is 16.1 Å². The fraction of sp³-hybridized carbons (Fsp3) is 0.0667. The van der Waals surface area contributed by atoms with Crippen LogP contribution in [0.2, 0.25) is 5.02 Å². The molecular formula is C15H9ClF3N3. The van der Waals surface area contributed by atoms with Crippen molar-refractivity contribution in [2.24, 2.45) is 0 Å². The van der Waals surface area contributed by atoms with Gasteiger partial charge in [-0.15, -0.1) is 0 Å². The highest BCUT2D eigenvalue weighted by atomic mass is 35.5. The van der Waals surface area contributed by atoms with Crippen LogP contribution in [0.15, 0.2) is 48.8 Å². The molecule has 1 aromatic heterocycles. The van der Waals surface area contributed by atoms with E-state index in [1.807, 2.05) is 0 Å². The minimum Gasteiger partial charge on any atom is -0.340 e. The van der Waals surface area contributed by atoms with E-state index in [9.17, 15) is 13.2 Å². The van der Waals surface area contributed by atoms with Gasteiger partial charge >= 0.3 is 6.18 Å². The molecule has 7 heteroatoms. The average Bonchev–Trinajstić information content (AvgIpc) is 2.47. The second-order valence-corrected chi connectivity index (χ2v) is 5.02. The van der Waals surface area contributed by atoms with E-state index in [1.165, 1.54) is 18.5 Å². The van der Waals surface area contributed by atoms with Gasteiger partial charge in [-0.2, -0.15) is 13.2 Å². The predicted octanol–water partition coefficient (Wildman–Crippen LogP) is 5.05. The number of fused-ring (bicyclic) bond motifs is 1. The SMILES string of the molecule is FC(F)(F)c1ccc(Nc2ncnc3cc(Cl)ccc23)cc1. The molecule has 1 N–H and O–H groups in total. The van der Waals surface area contributed by atoms with Crippen molar-refractivity contribution < 1.29 is 13.2 Å². The molecule has 0 spiro atoms. The third-order valence-corrected chi connectivity index (χ3v) is 3.31. The molecule has 22 heavy (non-hydrogen) atoms. The summed E-state index contributed by atoms with van der Waals surface area (Å²) >= 11 is 5.90. The van der Waals surface area contributed by atoms with Gasteiger partial charge in [0.05, 0.1) is 11.1 Å². The normalized spacial score (nSPS) is 11.6. The minimum absolute atomic E-state index is 0.501. The van der Waals surface area contributed by atoms with Crippen LogP contribution in [0.3, 0.4) is 0 Å². The van der Waals surface area contributed by atoms with Gasteiger partial charge in [-0.1, -0.05) is 11.6 Å². The molecule has 0 unspecified atom stereocenters. The van der Waals surface area contributed by atoms with E-state index in [-0.39, 0.29) is 0 Å². The molecular weight excluding hydrogens is 315 g/mol. The van der Waals surface area contributed by atoms with Gasteiger partial charge in [-0.05, 0) is 42.5 Å². The highest BCUT2D eigenvalue weighted by Crippen LogP contribution is 2.31. The van der Waals surface area contributed by atoms with Crippen LogP contribution in [0, 0.1) is 0 Å². The van der Waals surface area contributed by atoms with E-state index in [0.29, 0.717) is 22.0 Å². The smallest absolute Gasteiger partial charge is 0.340 e. The maximum absolute atomic E-state index is 12.5. The van der Waals surface area contributed by atoms with Crippen LogP contribution in [0.4, 0.5) is 24.7 Å². The number of nitrogens with zero attached hydrogens (tertiary/aromatic N) is 2. The molecule has 2 aromatic carbocycles. The average molecular weight is 324 g/mol. The molecule has 0 amide bonds. The van der Waals surface area contributed by atoms with Gasteiger partial charge in [0.15, 0.2) is 0 Å². The molecule has 0 saturated carbocycles. The van der Waals surface area contributed by atoms with E-state index >= 15 is 0 Å². The number of hydrogen-bond donors (Lipinski definition) is 1. The monoisotopic (exact) mass is 323 g/mol. The largest absolute Gasteiger partial charge is 0.416 e. The van der Waals surface area contributed by atoms with Crippen molar-refractivity contribution in [3.05, 3.63) is 59.4 Å². The fourth-order valence-electron chi connectivity index (χ4n) is 2.01. The summed E-state index contributed by atoms with van der Waals surface area (Å²) in [5.74, 6) is 0.501. The molecule has 3 rings (SSSR count). The lowest BCUT2D eigenvalue weighted by atomic mass is 10.2. The second kappa shape index (κ2) is 5.46. The highest BCUT2D eigenvalue weighted by molar-refractivity contribution is 6.31. The Morgan fingerprint density at radius 3 is 2.36 bits per heavy atom. The van der Waals surface area contributed by atoms with Gasteiger partial charge in [-0.3, -0.25) is 0 Å². The summed E-state index contributed by atoms with van der Waals surface area (Å²) in [6.45, 7) is 0. The standard InChI is InChI=1S/C15H9ClF3N3/c16-10-3-6-12-13(7-10)20-8-21-14(12)22-11-4-1-9(2-5-11)15(17,18)19/h1-8H,(H,20,21,22). The molecule has 3 nitrogen and oxygen atoms in total. The van der Waals surface area contributed by atoms with Gasteiger partial charge in [0.2, 0.25) is 0 Å². The highest BCUT2D eigenvalue weighted by Gasteiger charge is 2.29. The zero-order chi connectivity index (χ0) is 15.7. The number of halogens is 4. The predicted molar refractivity (Wildman–Crippen MR) is 79.3 cm³/mol. The van der Waals surface area contributed by atoms with Crippen LogP contribution < -0.4 is 5.32 Å². The van der Waals surface area contributed by atoms with Crippen LogP contribution >= 0.6 is 11.6 Å². The van der Waals surface area contributed by atoms with Gasteiger partial charge < -0.3 is 5.32 Å². The number of aromatic nitrogens is 2. The Bertz CT molecular complexity index is 816. The zero-order valence-corrected chi connectivity index (χ0v) is 11.8. The zero-order valence-electron chi connectivity index (χ0n) is 11.0. The Balaban J connectivity index is 1.93. The summed E-state index contributed by atoms with van der Waals surface area (Å²) in [5, 5.41) is 4.26. The van der Waals surface area contributed by atoms with Crippen molar-refractivity contribution in [2.45, 2.75) is 6.18 Å². The number of rotatable bonds is 2. The molecule has 1 heterocycles. The molecule has 0 aliphatic carbocycles. The Morgan fingerprint density at radius 1 is 0.955 bits per heavy atom. The first-order valence-corrected chi connectivity index (χ1v) is 6.66. The Hall–Kier alpha value is -2.34. The number of nitrogens with one attached hydrogen (secondary N) is 1. The van der Waals surface area contributed by atoms with Crippen LogP contribution in [0.5, 0.6) is 0 Å². The summed E-state index contributed by atoms with van der Waals surface area (Å²) in [6, 6.07) is 9.89. The second-order valence-electron chi connectivity index (χ2n) is 4.58. The number of hydrogen-bond acceptors (Lipinski definition) is 3. The molecule has 0 atom stereocenters. The summed E-state index contributed by atoms with van der Waals surface area (Å²) in [6.07, 6.45) is -2.98. The van der Waals surface area contributed by atoms with Crippen molar-refractivity contribution in [1.29, 1.82) is 0 Å². The summed E-state index contributed by atoms with van der Waals surface area (Å²) in [7, 11) is 0. The molecule has 0 radical (unpaired) electrons. The number of benzene rings is 2. The fourth-order valence-corrected chi connectivity index (χ4v) is 2.18. The quantitative estimate of drug-likeness (QED) is 0.717. The molecule has 112 valence electrons. The minimum atomic E-state index is -4.35. The number of anilines is 2. The third-order valence-electron chi connectivity index (χ3n) is 3.07. The third kappa shape index (κ3) is 2.96. The van der Waals surface area contributed by atoms with E-state index in [2.05, 4.69) is 15.3 Å². The van der Waals surface area contributed by atoms with E-state index in [1.54, 1.807) is 18.2 Å². The summed E-state index contributed by atoms with van der Waals surface area (Å²) in [5.41, 5.74) is 0.456. The Kier molecular flexibility index (Phi) is 3.62. The molecule has 0 aliphatic heterocycles.